The average Bonchev–Trinajstić information content (AvgIpc) is 2.30. The molecule has 1 heterocycles. The zero-order valence-corrected chi connectivity index (χ0v) is 10.0. The molecule has 0 unspecified atom stereocenters. The zero-order valence-electron chi connectivity index (χ0n) is 10.0. The summed E-state index contributed by atoms with van der Waals surface area (Å²) in [6.07, 6.45) is 3.85. The summed E-state index contributed by atoms with van der Waals surface area (Å²) in [4.78, 5) is 2.54. The molecule has 2 heteroatoms. The Morgan fingerprint density at radius 3 is 2.64 bits per heavy atom. The van der Waals surface area contributed by atoms with E-state index in [9.17, 15) is 0 Å². The van der Waals surface area contributed by atoms with Crippen LogP contribution >= 0.6 is 0 Å². The second kappa shape index (κ2) is 5.72. The van der Waals surface area contributed by atoms with Gasteiger partial charge in [0.25, 0.3) is 0 Å². The Kier molecular flexibility index (Phi) is 4.90. The van der Waals surface area contributed by atoms with Crippen molar-refractivity contribution in [2.75, 3.05) is 32.8 Å². The second-order valence-corrected chi connectivity index (χ2v) is 5.47. The molecule has 1 saturated heterocycles. The first-order valence-electron chi connectivity index (χ1n) is 5.88. The fourth-order valence-corrected chi connectivity index (χ4v) is 1.85. The van der Waals surface area contributed by atoms with Crippen molar-refractivity contribution < 1.29 is 4.74 Å². The SMILES string of the molecule is CC(C)(C)CCCN1CCCOCC1. The van der Waals surface area contributed by atoms with Crippen molar-refractivity contribution in [1.29, 1.82) is 0 Å². The fourth-order valence-electron chi connectivity index (χ4n) is 1.85. The maximum absolute atomic E-state index is 5.43. The summed E-state index contributed by atoms with van der Waals surface area (Å²) in [5.41, 5.74) is 0.488. The van der Waals surface area contributed by atoms with Crippen LogP contribution < -0.4 is 0 Å². The third kappa shape index (κ3) is 5.61. The van der Waals surface area contributed by atoms with Crippen LogP contribution in [0.5, 0.6) is 0 Å². The van der Waals surface area contributed by atoms with E-state index < -0.39 is 0 Å². The summed E-state index contributed by atoms with van der Waals surface area (Å²) >= 11 is 0. The molecule has 0 aliphatic carbocycles. The van der Waals surface area contributed by atoms with E-state index in [4.69, 9.17) is 4.74 Å². The Hall–Kier alpha value is -0.0800. The van der Waals surface area contributed by atoms with Crippen LogP contribution in [0.15, 0.2) is 0 Å². The van der Waals surface area contributed by atoms with Gasteiger partial charge in [0.2, 0.25) is 0 Å². The Balaban J connectivity index is 2.10. The maximum Gasteiger partial charge on any atom is 0.0593 e. The zero-order chi connectivity index (χ0) is 10.4. The molecule has 0 N–H and O–H groups in total. The van der Waals surface area contributed by atoms with Crippen molar-refractivity contribution >= 4 is 0 Å². The van der Waals surface area contributed by atoms with Crippen molar-refractivity contribution in [3.63, 3.8) is 0 Å². The smallest absolute Gasteiger partial charge is 0.0593 e. The molecule has 1 aliphatic heterocycles. The largest absolute Gasteiger partial charge is 0.380 e. The Labute approximate surface area is 88.6 Å². The minimum atomic E-state index is 0.488. The summed E-state index contributed by atoms with van der Waals surface area (Å²) in [5.74, 6) is 0. The van der Waals surface area contributed by atoms with Crippen LogP contribution in [0.4, 0.5) is 0 Å². The van der Waals surface area contributed by atoms with Gasteiger partial charge in [0, 0.05) is 19.7 Å². The normalized spacial score (nSPS) is 20.8. The summed E-state index contributed by atoms with van der Waals surface area (Å²) < 4.78 is 5.43. The highest BCUT2D eigenvalue weighted by molar-refractivity contribution is 4.65. The van der Waals surface area contributed by atoms with E-state index in [0.29, 0.717) is 5.41 Å². The molecule has 0 bridgehead atoms. The maximum atomic E-state index is 5.43. The highest BCUT2D eigenvalue weighted by Gasteiger charge is 2.12. The second-order valence-electron chi connectivity index (χ2n) is 5.47. The molecule has 0 aromatic rings. The van der Waals surface area contributed by atoms with Crippen molar-refractivity contribution in [3.8, 4) is 0 Å². The molecule has 0 aromatic heterocycles. The lowest BCUT2D eigenvalue weighted by molar-refractivity contribution is 0.140. The van der Waals surface area contributed by atoms with Gasteiger partial charge in [-0.2, -0.15) is 0 Å². The lowest BCUT2D eigenvalue weighted by Gasteiger charge is -2.22. The quantitative estimate of drug-likeness (QED) is 0.692. The van der Waals surface area contributed by atoms with Crippen LogP contribution in [-0.4, -0.2) is 37.7 Å². The van der Waals surface area contributed by atoms with E-state index in [0.717, 1.165) is 19.8 Å². The molecule has 14 heavy (non-hydrogen) atoms. The highest BCUT2D eigenvalue weighted by atomic mass is 16.5. The number of nitrogens with zero attached hydrogens (tertiary/aromatic N) is 1. The standard InChI is InChI=1S/C12H25NO/c1-12(2,3)6-4-7-13-8-5-10-14-11-9-13/h4-11H2,1-3H3. The first-order valence-corrected chi connectivity index (χ1v) is 5.88. The third-order valence-corrected chi connectivity index (χ3v) is 2.72. The predicted octanol–water partition coefficient (Wildman–Crippen LogP) is 2.54. The first kappa shape index (κ1) is 12.0. The van der Waals surface area contributed by atoms with Crippen LogP contribution in [0.25, 0.3) is 0 Å². The summed E-state index contributed by atoms with van der Waals surface area (Å²) in [6.45, 7) is 12.4. The van der Waals surface area contributed by atoms with Gasteiger partial charge in [-0.05, 0) is 31.2 Å². The molecule has 0 saturated carbocycles. The summed E-state index contributed by atoms with van der Waals surface area (Å²) in [6, 6.07) is 0. The molecule has 84 valence electrons. The van der Waals surface area contributed by atoms with E-state index in [1.165, 1.54) is 32.4 Å². The molecule has 0 amide bonds. The van der Waals surface area contributed by atoms with Gasteiger partial charge in [0.1, 0.15) is 0 Å². The van der Waals surface area contributed by atoms with E-state index in [2.05, 4.69) is 25.7 Å². The molecule has 0 radical (unpaired) electrons. The van der Waals surface area contributed by atoms with Gasteiger partial charge in [0.05, 0.1) is 6.61 Å². The Morgan fingerprint density at radius 1 is 1.14 bits per heavy atom. The van der Waals surface area contributed by atoms with Crippen molar-refractivity contribution in [2.24, 2.45) is 5.41 Å². The third-order valence-electron chi connectivity index (χ3n) is 2.72. The average molecular weight is 199 g/mol. The molecule has 1 aliphatic rings. The monoisotopic (exact) mass is 199 g/mol. The van der Waals surface area contributed by atoms with Crippen LogP contribution in [-0.2, 0) is 4.74 Å². The highest BCUT2D eigenvalue weighted by Crippen LogP contribution is 2.20. The van der Waals surface area contributed by atoms with E-state index in [-0.39, 0.29) is 0 Å². The number of ether oxygens (including phenoxy) is 1. The van der Waals surface area contributed by atoms with Gasteiger partial charge in [0.15, 0.2) is 0 Å². The molecular weight excluding hydrogens is 174 g/mol. The minimum Gasteiger partial charge on any atom is -0.380 e. The first-order chi connectivity index (χ1) is 6.58. The minimum absolute atomic E-state index is 0.488. The number of rotatable bonds is 3. The molecule has 0 aromatic carbocycles. The molecule has 1 rings (SSSR count). The van der Waals surface area contributed by atoms with Crippen molar-refractivity contribution in [1.82, 2.24) is 4.90 Å². The van der Waals surface area contributed by atoms with Crippen LogP contribution in [0.2, 0.25) is 0 Å². The van der Waals surface area contributed by atoms with Crippen molar-refractivity contribution in [3.05, 3.63) is 0 Å². The van der Waals surface area contributed by atoms with Gasteiger partial charge >= 0.3 is 0 Å². The molecule has 1 fully saturated rings. The van der Waals surface area contributed by atoms with Gasteiger partial charge in [-0.15, -0.1) is 0 Å². The van der Waals surface area contributed by atoms with Gasteiger partial charge in [-0.1, -0.05) is 20.8 Å². The van der Waals surface area contributed by atoms with Gasteiger partial charge in [-0.25, -0.2) is 0 Å². The topological polar surface area (TPSA) is 12.5 Å². The van der Waals surface area contributed by atoms with E-state index >= 15 is 0 Å². The van der Waals surface area contributed by atoms with E-state index in [1.807, 2.05) is 0 Å². The molecule has 0 spiro atoms. The van der Waals surface area contributed by atoms with Crippen LogP contribution in [0.3, 0.4) is 0 Å². The van der Waals surface area contributed by atoms with Crippen molar-refractivity contribution in [2.45, 2.75) is 40.0 Å². The van der Waals surface area contributed by atoms with Crippen LogP contribution in [0, 0.1) is 5.41 Å². The van der Waals surface area contributed by atoms with Gasteiger partial charge in [-0.3, -0.25) is 0 Å². The summed E-state index contributed by atoms with van der Waals surface area (Å²) in [7, 11) is 0. The lowest BCUT2D eigenvalue weighted by Crippen LogP contribution is -2.28. The Morgan fingerprint density at radius 2 is 1.93 bits per heavy atom. The molecular formula is C12H25NO. The van der Waals surface area contributed by atoms with E-state index in [1.54, 1.807) is 0 Å². The molecule has 0 atom stereocenters. The molecule has 2 nitrogen and oxygen atoms in total. The Bertz CT molecular complexity index is 143. The lowest BCUT2D eigenvalue weighted by atomic mass is 9.90. The fraction of sp³-hybridized carbons (Fsp3) is 1.00. The predicted molar refractivity (Wildman–Crippen MR) is 60.6 cm³/mol. The van der Waals surface area contributed by atoms with Crippen LogP contribution in [0.1, 0.15) is 40.0 Å². The summed E-state index contributed by atoms with van der Waals surface area (Å²) in [5, 5.41) is 0. The number of hydrogen-bond acceptors (Lipinski definition) is 2. The van der Waals surface area contributed by atoms with Gasteiger partial charge < -0.3 is 9.64 Å². The number of hydrogen-bond donors (Lipinski definition) is 0.